The Balaban J connectivity index is 1.35. The Morgan fingerprint density at radius 1 is 0.914 bits per heavy atom. The van der Waals surface area contributed by atoms with Crippen molar-refractivity contribution < 1.29 is 17.9 Å². The average molecular weight is 490 g/mol. The van der Waals surface area contributed by atoms with Crippen LogP contribution < -0.4 is 4.74 Å². The van der Waals surface area contributed by atoms with E-state index in [1.54, 1.807) is 0 Å². The number of alkyl halides is 3. The molecule has 1 saturated carbocycles. The van der Waals surface area contributed by atoms with Crippen LogP contribution in [0.1, 0.15) is 54.9 Å². The van der Waals surface area contributed by atoms with Gasteiger partial charge in [-0.25, -0.2) is 0 Å². The summed E-state index contributed by atoms with van der Waals surface area (Å²) in [5.41, 5.74) is 1.66. The number of rotatable bonds is 9. The topological polar surface area (TPSA) is 19.0 Å². The molecular formula is C28H38F3N3O. The summed E-state index contributed by atoms with van der Waals surface area (Å²) >= 11 is 0. The fraction of sp³-hybridized carbons (Fsp3) is 0.571. The number of halogens is 3. The zero-order valence-corrected chi connectivity index (χ0v) is 20.9. The van der Waals surface area contributed by atoms with E-state index < -0.39 is 11.7 Å². The van der Waals surface area contributed by atoms with Crippen molar-refractivity contribution in [3.63, 3.8) is 0 Å². The molecule has 0 bridgehead atoms. The third kappa shape index (κ3) is 7.45. The van der Waals surface area contributed by atoms with E-state index >= 15 is 0 Å². The minimum atomic E-state index is -4.35. The van der Waals surface area contributed by atoms with Gasteiger partial charge in [0.05, 0.1) is 5.56 Å². The maximum absolute atomic E-state index is 12.9. The van der Waals surface area contributed by atoms with Crippen molar-refractivity contribution in [3.8, 4) is 5.75 Å². The lowest BCUT2D eigenvalue weighted by Crippen LogP contribution is -2.49. The van der Waals surface area contributed by atoms with Gasteiger partial charge in [0.15, 0.2) is 0 Å². The molecule has 2 aromatic rings. The molecule has 35 heavy (non-hydrogen) atoms. The van der Waals surface area contributed by atoms with E-state index in [2.05, 4.69) is 39.0 Å². The number of hydrogen-bond donors (Lipinski definition) is 0. The van der Waals surface area contributed by atoms with Crippen molar-refractivity contribution in [2.75, 3.05) is 46.8 Å². The Kier molecular flexibility index (Phi) is 8.73. The number of benzene rings is 2. The van der Waals surface area contributed by atoms with E-state index in [-0.39, 0.29) is 6.10 Å². The molecule has 4 rings (SSSR count). The zero-order chi connectivity index (χ0) is 24.8. The second-order valence-electron chi connectivity index (χ2n) is 10.2. The number of hydrogen-bond acceptors (Lipinski definition) is 4. The number of piperazine rings is 1. The van der Waals surface area contributed by atoms with Crippen molar-refractivity contribution in [2.24, 2.45) is 0 Å². The van der Waals surface area contributed by atoms with E-state index in [4.69, 9.17) is 4.74 Å². The van der Waals surface area contributed by atoms with Gasteiger partial charge in [-0.15, -0.1) is 0 Å². The predicted octanol–water partition coefficient (Wildman–Crippen LogP) is 5.84. The van der Waals surface area contributed by atoms with E-state index in [1.807, 2.05) is 14.1 Å². The van der Waals surface area contributed by atoms with Crippen molar-refractivity contribution >= 4 is 0 Å². The molecular weight excluding hydrogens is 451 g/mol. The smallest absolute Gasteiger partial charge is 0.416 e. The predicted molar refractivity (Wildman–Crippen MR) is 134 cm³/mol. The first-order valence-corrected chi connectivity index (χ1v) is 12.8. The standard InChI is InChI=1S/C28H38F3N3O/c1-32(2)16-15-27(35-26-13-11-24(12-14-26)28(29,30)31)23-9-7-22(8-10-23)21-33-17-19-34(20-18-33)25-5-3-4-6-25/h7-14,25,27H,3-6,15-21H2,1-2H3. The van der Waals surface area contributed by atoms with Gasteiger partial charge in [-0.1, -0.05) is 37.1 Å². The Morgan fingerprint density at radius 3 is 2.11 bits per heavy atom. The molecule has 2 aromatic carbocycles. The fourth-order valence-corrected chi connectivity index (χ4v) is 5.21. The van der Waals surface area contributed by atoms with E-state index in [1.165, 1.54) is 43.4 Å². The minimum Gasteiger partial charge on any atom is -0.486 e. The van der Waals surface area contributed by atoms with E-state index in [9.17, 15) is 13.2 Å². The molecule has 192 valence electrons. The Bertz CT molecular complexity index is 901. The molecule has 1 heterocycles. The van der Waals surface area contributed by atoms with Crippen LogP contribution in [0, 0.1) is 0 Å². The van der Waals surface area contributed by atoms with Gasteiger partial charge in [-0.2, -0.15) is 13.2 Å². The first kappa shape index (κ1) is 26.0. The SMILES string of the molecule is CN(C)CCC(Oc1ccc(C(F)(F)F)cc1)c1ccc(CN2CCN(C3CCCC3)CC2)cc1. The highest BCUT2D eigenvalue weighted by atomic mass is 19.4. The first-order chi connectivity index (χ1) is 16.8. The van der Waals surface area contributed by atoms with Gasteiger partial charge in [0, 0.05) is 51.7 Å². The van der Waals surface area contributed by atoms with Gasteiger partial charge in [-0.05, 0) is 62.3 Å². The Labute approximate surface area is 207 Å². The summed E-state index contributed by atoms with van der Waals surface area (Å²) in [6.45, 7) is 6.31. The van der Waals surface area contributed by atoms with Crippen LogP contribution in [0.5, 0.6) is 5.75 Å². The molecule has 2 aliphatic rings. The molecule has 1 unspecified atom stereocenters. The highest BCUT2D eigenvalue weighted by Gasteiger charge is 2.30. The second-order valence-corrected chi connectivity index (χ2v) is 10.2. The summed E-state index contributed by atoms with van der Waals surface area (Å²) < 4.78 is 44.9. The lowest BCUT2D eigenvalue weighted by Gasteiger charge is -2.38. The van der Waals surface area contributed by atoms with Crippen LogP contribution >= 0.6 is 0 Å². The van der Waals surface area contributed by atoms with Crippen LogP contribution in [-0.2, 0) is 12.7 Å². The van der Waals surface area contributed by atoms with Crippen LogP contribution in [0.25, 0.3) is 0 Å². The normalized spacial score (nSPS) is 19.4. The van der Waals surface area contributed by atoms with Crippen molar-refractivity contribution in [1.29, 1.82) is 0 Å². The largest absolute Gasteiger partial charge is 0.486 e. The molecule has 0 N–H and O–H groups in total. The zero-order valence-electron chi connectivity index (χ0n) is 20.9. The average Bonchev–Trinajstić information content (AvgIpc) is 3.37. The third-order valence-electron chi connectivity index (χ3n) is 7.30. The summed E-state index contributed by atoms with van der Waals surface area (Å²) in [5.74, 6) is 0.450. The van der Waals surface area contributed by atoms with Crippen molar-refractivity contribution in [2.45, 2.75) is 57.0 Å². The highest BCUT2D eigenvalue weighted by Crippen LogP contribution is 2.32. The molecule has 0 aromatic heterocycles. The first-order valence-electron chi connectivity index (χ1n) is 12.8. The van der Waals surface area contributed by atoms with Gasteiger partial charge in [0.1, 0.15) is 11.9 Å². The molecule has 0 amide bonds. The summed E-state index contributed by atoms with van der Waals surface area (Å²) in [6, 6.07) is 14.3. The number of ether oxygens (including phenoxy) is 1. The maximum Gasteiger partial charge on any atom is 0.416 e. The van der Waals surface area contributed by atoms with Crippen LogP contribution in [0.4, 0.5) is 13.2 Å². The summed E-state index contributed by atoms with van der Waals surface area (Å²) in [5, 5.41) is 0. The fourth-order valence-electron chi connectivity index (χ4n) is 5.21. The second kappa shape index (κ2) is 11.8. The lowest BCUT2D eigenvalue weighted by molar-refractivity contribution is -0.137. The van der Waals surface area contributed by atoms with E-state index in [0.717, 1.165) is 69.4 Å². The highest BCUT2D eigenvalue weighted by molar-refractivity contribution is 5.31. The third-order valence-corrected chi connectivity index (χ3v) is 7.30. The van der Waals surface area contributed by atoms with Gasteiger partial charge < -0.3 is 9.64 Å². The molecule has 1 aliphatic heterocycles. The van der Waals surface area contributed by atoms with Crippen LogP contribution in [0.15, 0.2) is 48.5 Å². The van der Waals surface area contributed by atoms with E-state index in [0.29, 0.717) is 5.75 Å². The molecule has 0 spiro atoms. The lowest BCUT2D eigenvalue weighted by atomic mass is 10.0. The van der Waals surface area contributed by atoms with Gasteiger partial charge in [0.2, 0.25) is 0 Å². The quantitative estimate of drug-likeness (QED) is 0.441. The Hall–Kier alpha value is -2.09. The number of nitrogens with zero attached hydrogens (tertiary/aromatic N) is 3. The maximum atomic E-state index is 12.9. The minimum absolute atomic E-state index is 0.224. The molecule has 7 heteroatoms. The van der Waals surface area contributed by atoms with Crippen LogP contribution in [0.3, 0.4) is 0 Å². The molecule has 0 radical (unpaired) electrons. The molecule has 1 aliphatic carbocycles. The van der Waals surface area contributed by atoms with Crippen molar-refractivity contribution in [3.05, 3.63) is 65.2 Å². The van der Waals surface area contributed by atoms with Crippen LogP contribution in [0.2, 0.25) is 0 Å². The van der Waals surface area contributed by atoms with Crippen molar-refractivity contribution in [1.82, 2.24) is 14.7 Å². The van der Waals surface area contributed by atoms with Gasteiger partial charge in [-0.3, -0.25) is 9.80 Å². The summed E-state index contributed by atoms with van der Waals surface area (Å²) in [4.78, 5) is 7.30. The summed E-state index contributed by atoms with van der Waals surface area (Å²) in [7, 11) is 4.01. The van der Waals surface area contributed by atoms with Crippen LogP contribution in [-0.4, -0.2) is 67.6 Å². The summed E-state index contributed by atoms with van der Waals surface area (Å²) in [6.07, 6.45) is 1.68. The molecule has 2 fully saturated rings. The molecule has 1 saturated heterocycles. The Morgan fingerprint density at radius 2 is 1.54 bits per heavy atom. The molecule has 1 atom stereocenters. The van der Waals surface area contributed by atoms with Gasteiger partial charge >= 0.3 is 6.18 Å². The molecule has 4 nitrogen and oxygen atoms in total. The van der Waals surface area contributed by atoms with Gasteiger partial charge in [0.25, 0.3) is 0 Å². The monoisotopic (exact) mass is 489 g/mol.